The number of methoxy groups -OCH3 is 2. The zero-order valence-corrected chi connectivity index (χ0v) is 15.7. The minimum atomic E-state index is -0.523. The number of benzene rings is 2. The van der Waals surface area contributed by atoms with E-state index < -0.39 is 6.10 Å². The molecule has 0 radical (unpaired) electrons. The third-order valence-corrected chi connectivity index (χ3v) is 4.39. The lowest BCUT2D eigenvalue weighted by molar-refractivity contribution is -0.125. The predicted molar refractivity (Wildman–Crippen MR) is 102 cm³/mol. The van der Waals surface area contributed by atoms with Gasteiger partial charge < -0.3 is 24.4 Å². The van der Waals surface area contributed by atoms with Crippen LogP contribution < -0.4 is 24.4 Å². The van der Waals surface area contributed by atoms with Gasteiger partial charge in [0, 0.05) is 17.8 Å². The molecule has 1 N–H and O–H groups in total. The first-order chi connectivity index (χ1) is 13.0. The highest BCUT2D eigenvalue weighted by atomic mass is 16.5. The summed E-state index contributed by atoms with van der Waals surface area (Å²) in [7, 11) is 3.05. The van der Waals surface area contributed by atoms with Crippen molar-refractivity contribution in [2.75, 3.05) is 31.0 Å². The summed E-state index contributed by atoms with van der Waals surface area (Å²) in [5.41, 5.74) is 1.64. The molecule has 1 atom stereocenters. The number of hydrogen-bond acceptors (Lipinski definition) is 5. The van der Waals surface area contributed by atoms with Crippen LogP contribution in [0.15, 0.2) is 36.4 Å². The van der Waals surface area contributed by atoms with Crippen LogP contribution in [0.25, 0.3) is 0 Å². The predicted octanol–water partition coefficient (Wildman–Crippen LogP) is 3.09. The van der Waals surface area contributed by atoms with Crippen LogP contribution in [0.5, 0.6) is 17.2 Å². The quantitative estimate of drug-likeness (QED) is 0.875. The number of rotatable bonds is 5. The summed E-state index contributed by atoms with van der Waals surface area (Å²) in [6, 6.07) is 10.2. The molecule has 27 heavy (non-hydrogen) atoms. The van der Waals surface area contributed by atoms with E-state index in [1.807, 2.05) is 6.92 Å². The van der Waals surface area contributed by atoms with Crippen molar-refractivity contribution in [3.05, 3.63) is 42.0 Å². The Bertz CT molecular complexity index is 881. The fraction of sp³-hybridized carbons (Fsp3) is 0.300. The van der Waals surface area contributed by atoms with Crippen molar-refractivity contribution in [2.24, 2.45) is 0 Å². The van der Waals surface area contributed by atoms with E-state index >= 15 is 0 Å². The zero-order chi connectivity index (χ0) is 19.6. The maximum Gasteiger partial charge on any atom is 0.267 e. The van der Waals surface area contributed by atoms with Crippen LogP contribution in [-0.2, 0) is 4.79 Å². The third-order valence-electron chi connectivity index (χ3n) is 4.39. The molecule has 3 rings (SSSR count). The summed E-state index contributed by atoms with van der Waals surface area (Å²) in [5, 5.41) is 2.84. The lowest BCUT2D eigenvalue weighted by Crippen LogP contribution is -2.44. The number of amides is 2. The number of carbonyl (C=O) groups is 2. The van der Waals surface area contributed by atoms with Gasteiger partial charge in [-0.05, 0) is 50.2 Å². The van der Waals surface area contributed by atoms with E-state index in [1.165, 1.54) is 14.2 Å². The maximum atomic E-state index is 12.6. The molecule has 7 nitrogen and oxygen atoms in total. The summed E-state index contributed by atoms with van der Waals surface area (Å²) >= 11 is 0. The van der Waals surface area contributed by atoms with Crippen LogP contribution in [0.2, 0.25) is 0 Å². The number of nitrogens with zero attached hydrogens (tertiary/aromatic N) is 1. The van der Waals surface area contributed by atoms with Gasteiger partial charge in [0.1, 0.15) is 5.75 Å². The van der Waals surface area contributed by atoms with Gasteiger partial charge in [0.15, 0.2) is 17.6 Å². The smallest absolute Gasteiger partial charge is 0.267 e. The molecular formula is C20H22N2O5. The topological polar surface area (TPSA) is 77.1 Å². The Labute approximate surface area is 157 Å². The summed E-state index contributed by atoms with van der Waals surface area (Å²) in [5.74, 6) is 1.24. The molecule has 2 aromatic carbocycles. The van der Waals surface area contributed by atoms with Crippen LogP contribution in [0.4, 0.5) is 11.4 Å². The summed E-state index contributed by atoms with van der Waals surface area (Å²) in [6.07, 6.45) is -0.523. The van der Waals surface area contributed by atoms with Crippen molar-refractivity contribution < 1.29 is 23.8 Å². The van der Waals surface area contributed by atoms with Gasteiger partial charge in [-0.15, -0.1) is 0 Å². The molecule has 0 spiro atoms. The van der Waals surface area contributed by atoms with E-state index in [1.54, 1.807) is 48.2 Å². The molecule has 0 saturated heterocycles. The van der Waals surface area contributed by atoms with Crippen molar-refractivity contribution in [1.82, 2.24) is 0 Å². The van der Waals surface area contributed by atoms with E-state index in [-0.39, 0.29) is 11.8 Å². The van der Waals surface area contributed by atoms with Gasteiger partial charge in [-0.3, -0.25) is 9.59 Å². The Morgan fingerprint density at radius 1 is 1.15 bits per heavy atom. The monoisotopic (exact) mass is 370 g/mol. The highest BCUT2D eigenvalue weighted by molar-refractivity contribution is 6.06. The first kappa shape index (κ1) is 18.6. The molecule has 0 fully saturated rings. The molecule has 2 amide bonds. The minimum absolute atomic E-state index is 0.103. The van der Waals surface area contributed by atoms with Crippen LogP contribution >= 0.6 is 0 Å². The average molecular weight is 370 g/mol. The summed E-state index contributed by atoms with van der Waals surface area (Å²) in [4.78, 5) is 26.5. The summed E-state index contributed by atoms with van der Waals surface area (Å²) < 4.78 is 16.1. The van der Waals surface area contributed by atoms with Gasteiger partial charge >= 0.3 is 0 Å². The first-order valence-electron chi connectivity index (χ1n) is 8.64. The van der Waals surface area contributed by atoms with Crippen molar-refractivity contribution in [3.63, 3.8) is 0 Å². The van der Waals surface area contributed by atoms with Gasteiger partial charge in [-0.2, -0.15) is 0 Å². The van der Waals surface area contributed by atoms with Crippen LogP contribution in [-0.4, -0.2) is 38.7 Å². The third kappa shape index (κ3) is 3.53. The van der Waals surface area contributed by atoms with E-state index in [4.69, 9.17) is 14.2 Å². The molecule has 2 aromatic rings. The average Bonchev–Trinajstić information content (AvgIpc) is 2.68. The minimum Gasteiger partial charge on any atom is -0.493 e. The lowest BCUT2D eigenvalue weighted by Gasteiger charge is -2.32. The van der Waals surface area contributed by atoms with E-state index in [0.717, 1.165) is 0 Å². The van der Waals surface area contributed by atoms with Gasteiger partial charge in [-0.25, -0.2) is 0 Å². The Balaban J connectivity index is 1.85. The fourth-order valence-corrected chi connectivity index (χ4v) is 2.99. The highest BCUT2D eigenvalue weighted by Crippen LogP contribution is 2.36. The van der Waals surface area contributed by atoms with Crippen molar-refractivity contribution in [3.8, 4) is 17.2 Å². The van der Waals surface area contributed by atoms with Crippen LogP contribution in [0.1, 0.15) is 24.2 Å². The molecule has 142 valence electrons. The van der Waals surface area contributed by atoms with Crippen molar-refractivity contribution >= 4 is 23.2 Å². The Kier molecular flexibility index (Phi) is 5.21. The number of nitrogens with one attached hydrogen (secondary N) is 1. The van der Waals surface area contributed by atoms with Gasteiger partial charge in [0.05, 0.1) is 19.9 Å². The molecule has 0 aliphatic carbocycles. The number of likely N-dealkylation sites (N-methyl/N-ethyl adjacent to an activating group) is 1. The van der Waals surface area contributed by atoms with Crippen molar-refractivity contribution in [1.29, 1.82) is 0 Å². The Hall–Kier alpha value is -3.22. The highest BCUT2D eigenvalue weighted by Gasteiger charge is 2.30. The molecule has 0 bridgehead atoms. The number of carbonyl (C=O) groups excluding carboxylic acids is 2. The number of ether oxygens (including phenoxy) is 3. The lowest BCUT2D eigenvalue weighted by atomic mass is 10.1. The van der Waals surface area contributed by atoms with E-state index in [2.05, 4.69) is 5.32 Å². The molecule has 0 aromatic heterocycles. The van der Waals surface area contributed by atoms with E-state index in [9.17, 15) is 9.59 Å². The summed E-state index contributed by atoms with van der Waals surface area (Å²) in [6.45, 7) is 4.14. The Morgan fingerprint density at radius 2 is 1.89 bits per heavy atom. The standard InChI is InChI=1S/C20H22N2O5/c1-5-22-15-11-14(7-9-16(15)27-12(2)20(22)24)21-19(23)13-6-8-17(25-3)18(10-13)26-4/h6-12H,5H2,1-4H3,(H,21,23). The van der Waals surface area contributed by atoms with Gasteiger partial charge in [-0.1, -0.05) is 0 Å². The second kappa shape index (κ2) is 7.57. The normalized spacial score (nSPS) is 15.6. The first-order valence-corrected chi connectivity index (χ1v) is 8.64. The molecule has 1 heterocycles. The van der Waals surface area contributed by atoms with Crippen LogP contribution in [0, 0.1) is 0 Å². The molecular weight excluding hydrogens is 348 g/mol. The number of anilines is 2. The Morgan fingerprint density at radius 3 is 2.56 bits per heavy atom. The SMILES string of the molecule is CCN1C(=O)C(C)Oc2ccc(NC(=O)c3ccc(OC)c(OC)c3)cc21. The second-order valence-electron chi connectivity index (χ2n) is 6.05. The molecule has 1 aliphatic rings. The van der Waals surface area contributed by atoms with Crippen molar-refractivity contribution in [2.45, 2.75) is 20.0 Å². The van der Waals surface area contributed by atoms with Crippen LogP contribution in [0.3, 0.4) is 0 Å². The van der Waals surface area contributed by atoms with Gasteiger partial charge in [0.2, 0.25) is 0 Å². The number of hydrogen-bond donors (Lipinski definition) is 1. The molecule has 1 unspecified atom stereocenters. The van der Waals surface area contributed by atoms with E-state index in [0.29, 0.717) is 40.7 Å². The molecule has 7 heteroatoms. The fourth-order valence-electron chi connectivity index (χ4n) is 2.99. The molecule has 0 saturated carbocycles. The second-order valence-corrected chi connectivity index (χ2v) is 6.05. The zero-order valence-electron chi connectivity index (χ0n) is 15.7. The maximum absolute atomic E-state index is 12.6. The molecule has 1 aliphatic heterocycles. The largest absolute Gasteiger partial charge is 0.493 e. The number of fused-ring (bicyclic) bond motifs is 1. The van der Waals surface area contributed by atoms with Gasteiger partial charge in [0.25, 0.3) is 11.8 Å².